The predicted molar refractivity (Wildman–Crippen MR) is 43.8 cm³/mol. The number of imidazole rings is 1. The number of aromatic nitrogens is 2. The lowest BCUT2D eigenvalue weighted by atomic mass is 10.4. The lowest BCUT2D eigenvalue weighted by Crippen LogP contribution is -3.00. The maximum absolute atomic E-state index is 5.81. The van der Waals surface area contributed by atoms with Gasteiger partial charge in [0.15, 0.2) is 0 Å². The highest BCUT2D eigenvalue weighted by molar-refractivity contribution is 4.70. The number of rotatable bonds is 3. The first kappa shape index (κ1) is 11.6. The second kappa shape index (κ2) is 5.32. The van der Waals surface area contributed by atoms with Crippen molar-refractivity contribution in [3.8, 4) is 0 Å². The maximum Gasteiger partial charge on any atom is 0.245 e. The van der Waals surface area contributed by atoms with Crippen LogP contribution in [0.5, 0.6) is 0 Å². The van der Waals surface area contributed by atoms with Gasteiger partial charge < -0.3 is 17.0 Å². The lowest BCUT2D eigenvalue weighted by Gasteiger charge is -2.01. The minimum atomic E-state index is 0. The number of halogens is 1. The van der Waals surface area contributed by atoms with Gasteiger partial charge in [0.05, 0.1) is 6.54 Å². The Balaban J connectivity index is 0.00000121. The normalized spacial score (nSPS) is 12.2. The molecule has 0 saturated carbocycles. The molecule has 0 fully saturated rings. The summed E-state index contributed by atoms with van der Waals surface area (Å²) in [6.07, 6.45) is 7.18. The summed E-state index contributed by atoms with van der Waals surface area (Å²) in [5.74, 6) is 0. The van der Waals surface area contributed by atoms with Crippen LogP contribution in [0.1, 0.15) is 26.4 Å². The first-order valence-corrected chi connectivity index (χ1v) is 4.10. The van der Waals surface area contributed by atoms with Gasteiger partial charge in [-0.05, 0) is 13.3 Å². The molecule has 0 amide bonds. The molecule has 0 aliphatic rings. The summed E-state index contributed by atoms with van der Waals surface area (Å²) in [5.41, 5.74) is 5.81. The van der Waals surface area contributed by atoms with Crippen LogP contribution in [0.15, 0.2) is 18.7 Å². The molecule has 1 rings (SSSR count). The molecule has 1 unspecified atom stereocenters. The van der Waals surface area contributed by atoms with Crippen molar-refractivity contribution in [1.82, 2.24) is 4.57 Å². The summed E-state index contributed by atoms with van der Waals surface area (Å²) in [4.78, 5) is 0. The van der Waals surface area contributed by atoms with Gasteiger partial charge in [-0.25, -0.2) is 9.13 Å². The van der Waals surface area contributed by atoms with Crippen molar-refractivity contribution in [3.63, 3.8) is 0 Å². The topological polar surface area (TPSA) is 34.8 Å². The molecule has 12 heavy (non-hydrogen) atoms. The monoisotopic (exact) mass is 233 g/mol. The van der Waals surface area contributed by atoms with Crippen molar-refractivity contribution in [2.45, 2.75) is 33.0 Å². The summed E-state index contributed by atoms with van der Waals surface area (Å²) in [5, 5.41) is 0. The fraction of sp³-hybridized carbons (Fsp3) is 0.625. The molecule has 0 saturated heterocycles. The van der Waals surface area contributed by atoms with Crippen molar-refractivity contribution < 1.29 is 21.5 Å². The summed E-state index contributed by atoms with van der Waals surface area (Å²) in [6, 6.07) is 0. The summed E-state index contributed by atoms with van der Waals surface area (Å²) in [6.45, 7) is 5.20. The third-order valence-electron chi connectivity index (χ3n) is 1.88. The van der Waals surface area contributed by atoms with Crippen LogP contribution in [0.2, 0.25) is 0 Å². The molecule has 1 aromatic rings. The third kappa shape index (κ3) is 2.60. The van der Waals surface area contributed by atoms with E-state index in [0.717, 1.165) is 13.0 Å². The Bertz CT molecular complexity index is 222. The zero-order chi connectivity index (χ0) is 8.27. The van der Waals surface area contributed by atoms with Crippen LogP contribution in [0, 0.1) is 0 Å². The van der Waals surface area contributed by atoms with Crippen LogP contribution in [0.4, 0.5) is 0 Å². The van der Waals surface area contributed by atoms with Gasteiger partial charge in [0.1, 0.15) is 18.6 Å². The Morgan fingerprint density at radius 3 is 2.58 bits per heavy atom. The average Bonchev–Trinajstić information content (AvgIpc) is 2.50. The maximum atomic E-state index is 5.81. The third-order valence-corrected chi connectivity index (χ3v) is 1.88. The van der Waals surface area contributed by atoms with E-state index in [1.54, 1.807) is 0 Å². The number of nitrogens with two attached hydrogens (primary N) is 1. The Labute approximate surface area is 84.0 Å². The molecule has 0 bridgehead atoms. The van der Waals surface area contributed by atoms with E-state index in [4.69, 9.17) is 5.73 Å². The van der Waals surface area contributed by atoms with Gasteiger partial charge >= 0.3 is 0 Å². The van der Waals surface area contributed by atoms with E-state index in [0.29, 0.717) is 0 Å². The molecular weight excluding hydrogens is 218 g/mol. The lowest BCUT2D eigenvalue weighted by molar-refractivity contribution is -0.693. The SMILES string of the molecule is CCC(N)n1cc[n+](CC)c1.[Br-]. The van der Waals surface area contributed by atoms with Crippen molar-refractivity contribution >= 4 is 0 Å². The molecule has 0 radical (unpaired) electrons. The second-order valence-electron chi connectivity index (χ2n) is 2.67. The van der Waals surface area contributed by atoms with Gasteiger partial charge in [0.2, 0.25) is 6.33 Å². The van der Waals surface area contributed by atoms with Crippen LogP contribution in [-0.4, -0.2) is 4.57 Å². The van der Waals surface area contributed by atoms with Gasteiger partial charge in [0, 0.05) is 0 Å². The Hall–Kier alpha value is -0.350. The standard InChI is InChI=1S/C8H16N3.BrH/c1-3-8(9)11-6-5-10(4-2)7-11;/h5-8H,3-4,9H2,1-2H3;1H/q+1;/p-1. The van der Waals surface area contributed by atoms with Crippen LogP contribution in [-0.2, 0) is 6.54 Å². The molecule has 0 aliphatic carbocycles. The molecule has 0 aliphatic heterocycles. The molecular formula is C8H16BrN3. The molecule has 1 atom stereocenters. The predicted octanol–water partition coefficient (Wildman–Crippen LogP) is -2.33. The number of hydrogen-bond acceptors (Lipinski definition) is 1. The minimum absolute atomic E-state index is 0. The number of aryl methyl sites for hydroxylation is 1. The fourth-order valence-electron chi connectivity index (χ4n) is 1.00. The highest BCUT2D eigenvalue weighted by atomic mass is 79.9. The molecule has 0 aromatic carbocycles. The van der Waals surface area contributed by atoms with Crippen LogP contribution in [0.3, 0.4) is 0 Å². The van der Waals surface area contributed by atoms with Crippen molar-refractivity contribution in [2.24, 2.45) is 5.73 Å². The van der Waals surface area contributed by atoms with Crippen molar-refractivity contribution in [2.75, 3.05) is 0 Å². The minimum Gasteiger partial charge on any atom is -1.00 e. The van der Waals surface area contributed by atoms with E-state index in [-0.39, 0.29) is 23.1 Å². The van der Waals surface area contributed by atoms with Crippen molar-refractivity contribution in [1.29, 1.82) is 0 Å². The first-order valence-electron chi connectivity index (χ1n) is 4.10. The quantitative estimate of drug-likeness (QED) is 0.585. The Kier molecular flexibility index (Phi) is 5.17. The van der Waals surface area contributed by atoms with E-state index >= 15 is 0 Å². The summed E-state index contributed by atoms with van der Waals surface area (Å²) < 4.78 is 4.14. The van der Waals surface area contributed by atoms with Gasteiger partial charge in [-0.2, -0.15) is 0 Å². The van der Waals surface area contributed by atoms with E-state index in [1.807, 2.05) is 23.3 Å². The Morgan fingerprint density at radius 2 is 2.17 bits per heavy atom. The molecule has 4 heteroatoms. The number of hydrogen-bond donors (Lipinski definition) is 1. The van der Waals surface area contributed by atoms with E-state index in [9.17, 15) is 0 Å². The van der Waals surface area contributed by atoms with Crippen LogP contribution in [0.25, 0.3) is 0 Å². The van der Waals surface area contributed by atoms with Crippen LogP contribution >= 0.6 is 0 Å². The molecule has 3 nitrogen and oxygen atoms in total. The zero-order valence-electron chi connectivity index (χ0n) is 7.57. The largest absolute Gasteiger partial charge is 1.00 e. The second-order valence-corrected chi connectivity index (χ2v) is 2.67. The van der Waals surface area contributed by atoms with E-state index in [1.165, 1.54) is 0 Å². The number of nitrogens with zero attached hydrogens (tertiary/aromatic N) is 2. The smallest absolute Gasteiger partial charge is 0.245 e. The van der Waals surface area contributed by atoms with Gasteiger partial charge in [-0.3, -0.25) is 5.73 Å². The highest BCUT2D eigenvalue weighted by Gasteiger charge is 2.07. The zero-order valence-corrected chi connectivity index (χ0v) is 9.16. The molecule has 1 heterocycles. The van der Waals surface area contributed by atoms with Gasteiger partial charge in [-0.1, -0.05) is 6.92 Å². The fourth-order valence-corrected chi connectivity index (χ4v) is 1.00. The Morgan fingerprint density at radius 1 is 1.50 bits per heavy atom. The molecule has 1 aromatic heterocycles. The summed E-state index contributed by atoms with van der Waals surface area (Å²) in [7, 11) is 0. The average molecular weight is 234 g/mol. The summed E-state index contributed by atoms with van der Waals surface area (Å²) >= 11 is 0. The van der Waals surface area contributed by atoms with Gasteiger partial charge in [0.25, 0.3) is 0 Å². The first-order chi connectivity index (χ1) is 5.27. The molecule has 2 N–H and O–H groups in total. The van der Waals surface area contributed by atoms with Gasteiger partial charge in [-0.15, -0.1) is 0 Å². The molecule has 70 valence electrons. The molecule has 0 spiro atoms. The van der Waals surface area contributed by atoms with Crippen molar-refractivity contribution in [3.05, 3.63) is 18.7 Å². The van der Waals surface area contributed by atoms with Crippen LogP contribution < -0.4 is 27.3 Å². The van der Waals surface area contributed by atoms with E-state index in [2.05, 4.69) is 18.4 Å². The highest BCUT2D eigenvalue weighted by Crippen LogP contribution is 1.99. The van der Waals surface area contributed by atoms with E-state index < -0.39 is 0 Å².